The van der Waals surface area contributed by atoms with Crippen molar-refractivity contribution in [2.45, 2.75) is 18.3 Å². The first-order chi connectivity index (χ1) is 9.69. The zero-order valence-electron chi connectivity index (χ0n) is 12.2. The van der Waals surface area contributed by atoms with E-state index >= 15 is 0 Å². The van der Waals surface area contributed by atoms with Crippen LogP contribution < -0.4 is 10.6 Å². The lowest BCUT2D eigenvalue weighted by Crippen LogP contribution is -2.39. The molecule has 2 rings (SSSR count). The van der Waals surface area contributed by atoms with E-state index in [0.717, 1.165) is 36.0 Å². The normalized spacial score (nSPS) is 15.1. The Morgan fingerprint density at radius 1 is 1.33 bits per heavy atom. The van der Waals surface area contributed by atoms with Crippen LogP contribution in [-0.2, 0) is 14.9 Å². The number of halogens is 2. The van der Waals surface area contributed by atoms with Crippen molar-refractivity contribution in [3.8, 4) is 0 Å². The summed E-state index contributed by atoms with van der Waals surface area (Å²) in [5, 5.41) is 6.24. The Kier molecular flexibility index (Phi) is 7.66. The highest BCUT2D eigenvalue weighted by Gasteiger charge is 2.51. The molecular weight excluding hydrogens is 356 g/mol. The molecule has 0 bridgehead atoms. The van der Waals surface area contributed by atoms with E-state index in [-0.39, 0.29) is 23.7 Å². The molecule has 0 spiro atoms. The number of ether oxygens (including phenoxy) is 1. The van der Waals surface area contributed by atoms with Crippen LogP contribution in [0.1, 0.15) is 18.4 Å². The molecular formula is C15H22BrClN2O2. The Balaban J connectivity index is 0.00000220. The summed E-state index contributed by atoms with van der Waals surface area (Å²) in [6.07, 6.45) is 1.87. The number of hydrogen-bond donors (Lipinski definition) is 2. The molecule has 0 radical (unpaired) electrons. The molecule has 6 heteroatoms. The minimum atomic E-state index is -0.295. The molecule has 0 heterocycles. The van der Waals surface area contributed by atoms with Crippen molar-refractivity contribution < 1.29 is 9.53 Å². The molecule has 0 atom stereocenters. The lowest BCUT2D eigenvalue weighted by Gasteiger charge is -2.16. The van der Waals surface area contributed by atoms with Gasteiger partial charge >= 0.3 is 0 Å². The van der Waals surface area contributed by atoms with Crippen LogP contribution in [0.25, 0.3) is 0 Å². The van der Waals surface area contributed by atoms with Crippen LogP contribution in [0.5, 0.6) is 0 Å². The van der Waals surface area contributed by atoms with Crippen LogP contribution in [0.2, 0.25) is 0 Å². The average molecular weight is 378 g/mol. The first kappa shape index (κ1) is 18.4. The summed E-state index contributed by atoms with van der Waals surface area (Å²) in [6, 6.07) is 8.05. The van der Waals surface area contributed by atoms with Crippen LogP contribution in [0.3, 0.4) is 0 Å². The number of amides is 1. The molecule has 4 nitrogen and oxygen atoms in total. The quantitative estimate of drug-likeness (QED) is 0.683. The van der Waals surface area contributed by atoms with Gasteiger partial charge in [-0.2, -0.15) is 0 Å². The van der Waals surface area contributed by atoms with Gasteiger partial charge in [0.2, 0.25) is 5.91 Å². The minimum Gasteiger partial charge on any atom is -0.383 e. The molecule has 21 heavy (non-hydrogen) atoms. The van der Waals surface area contributed by atoms with Crippen molar-refractivity contribution in [1.29, 1.82) is 0 Å². The van der Waals surface area contributed by atoms with Crippen molar-refractivity contribution in [3.05, 3.63) is 34.3 Å². The van der Waals surface area contributed by atoms with E-state index in [4.69, 9.17) is 4.74 Å². The van der Waals surface area contributed by atoms with Gasteiger partial charge in [0.1, 0.15) is 0 Å². The molecule has 1 saturated carbocycles. The Labute approximate surface area is 140 Å². The van der Waals surface area contributed by atoms with E-state index in [1.54, 1.807) is 7.11 Å². The van der Waals surface area contributed by atoms with Crippen molar-refractivity contribution in [3.63, 3.8) is 0 Å². The number of nitrogens with one attached hydrogen (secondary N) is 2. The minimum absolute atomic E-state index is 0. The molecule has 1 amide bonds. The summed E-state index contributed by atoms with van der Waals surface area (Å²) in [6.45, 7) is 2.92. The maximum Gasteiger partial charge on any atom is 0.230 e. The number of carbonyl (C=O) groups is 1. The maximum absolute atomic E-state index is 12.3. The van der Waals surface area contributed by atoms with Gasteiger partial charge < -0.3 is 15.4 Å². The second-order valence-corrected chi connectivity index (χ2v) is 6.01. The van der Waals surface area contributed by atoms with Gasteiger partial charge in [0, 0.05) is 31.2 Å². The average Bonchev–Trinajstić information content (AvgIpc) is 3.24. The Hall–Kier alpha value is -0.620. The van der Waals surface area contributed by atoms with Crippen LogP contribution >= 0.6 is 28.3 Å². The molecule has 2 N–H and O–H groups in total. The predicted octanol–water partition coefficient (Wildman–Crippen LogP) is 2.25. The van der Waals surface area contributed by atoms with Crippen LogP contribution in [0.4, 0.5) is 0 Å². The SMILES string of the molecule is COCCNCCNC(=O)C1(c2cccc(Br)c2)CC1.Cl. The summed E-state index contributed by atoms with van der Waals surface area (Å²) in [4.78, 5) is 12.3. The van der Waals surface area contributed by atoms with Gasteiger partial charge in [-0.25, -0.2) is 0 Å². The predicted molar refractivity (Wildman–Crippen MR) is 90.1 cm³/mol. The van der Waals surface area contributed by atoms with Gasteiger partial charge in [-0.05, 0) is 30.5 Å². The highest BCUT2D eigenvalue weighted by molar-refractivity contribution is 9.10. The number of benzene rings is 1. The fourth-order valence-electron chi connectivity index (χ4n) is 2.29. The summed E-state index contributed by atoms with van der Waals surface area (Å²) in [5.41, 5.74) is 0.813. The fourth-order valence-corrected chi connectivity index (χ4v) is 2.69. The van der Waals surface area contributed by atoms with E-state index < -0.39 is 0 Å². The largest absolute Gasteiger partial charge is 0.383 e. The van der Waals surface area contributed by atoms with Gasteiger partial charge in [-0.1, -0.05) is 28.1 Å². The first-order valence-corrected chi connectivity index (χ1v) is 7.72. The van der Waals surface area contributed by atoms with Crippen molar-refractivity contribution >= 4 is 34.2 Å². The smallest absolute Gasteiger partial charge is 0.230 e. The standard InChI is InChI=1S/C15H21BrN2O2.ClH/c1-20-10-9-17-7-8-18-14(19)15(5-6-15)12-3-2-4-13(16)11-12;/h2-4,11,17H,5-10H2,1H3,(H,18,19);1H. The van der Waals surface area contributed by atoms with Crippen LogP contribution in [0.15, 0.2) is 28.7 Å². The molecule has 1 fully saturated rings. The number of methoxy groups -OCH3 is 1. The van der Waals surface area contributed by atoms with Crippen molar-refractivity contribution in [2.24, 2.45) is 0 Å². The van der Waals surface area contributed by atoms with Crippen molar-refractivity contribution in [1.82, 2.24) is 10.6 Å². The molecule has 1 aromatic rings. The van der Waals surface area contributed by atoms with Gasteiger partial charge in [-0.15, -0.1) is 12.4 Å². The van der Waals surface area contributed by atoms with E-state index in [2.05, 4.69) is 26.6 Å². The monoisotopic (exact) mass is 376 g/mol. The van der Waals surface area contributed by atoms with E-state index in [0.29, 0.717) is 13.2 Å². The zero-order valence-corrected chi connectivity index (χ0v) is 14.6. The lowest BCUT2D eigenvalue weighted by molar-refractivity contribution is -0.123. The summed E-state index contributed by atoms with van der Waals surface area (Å²) < 4.78 is 5.97. The number of rotatable bonds is 8. The number of carbonyl (C=O) groups excluding carboxylic acids is 1. The van der Waals surface area contributed by atoms with Crippen LogP contribution in [0, 0.1) is 0 Å². The Morgan fingerprint density at radius 3 is 2.71 bits per heavy atom. The fraction of sp³-hybridized carbons (Fsp3) is 0.533. The first-order valence-electron chi connectivity index (χ1n) is 6.93. The van der Waals surface area contributed by atoms with Crippen molar-refractivity contribution in [2.75, 3.05) is 33.4 Å². The molecule has 0 aliphatic heterocycles. The van der Waals surface area contributed by atoms with E-state index in [9.17, 15) is 4.79 Å². The number of hydrogen-bond acceptors (Lipinski definition) is 3. The van der Waals surface area contributed by atoms with Gasteiger partial charge in [0.25, 0.3) is 0 Å². The second kappa shape index (κ2) is 8.73. The third-order valence-corrected chi connectivity index (χ3v) is 4.13. The van der Waals surface area contributed by atoms with Crippen LogP contribution in [-0.4, -0.2) is 39.3 Å². The topological polar surface area (TPSA) is 50.4 Å². The molecule has 0 saturated heterocycles. The third-order valence-electron chi connectivity index (χ3n) is 3.63. The van der Waals surface area contributed by atoms with E-state index in [1.165, 1.54) is 0 Å². The van der Waals surface area contributed by atoms with E-state index in [1.807, 2.05) is 24.3 Å². The maximum atomic E-state index is 12.3. The highest BCUT2D eigenvalue weighted by Crippen LogP contribution is 2.48. The molecule has 0 unspecified atom stereocenters. The zero-order chi connectivity index (χ0) is 14.4. The molecule has 1 aliphatic carbocycles. The van der Waals surface area contributed by atoms with Gasteiger partial charge in [-0.3, -0.25) is 4.79 Å². The second-order valence-electron chi connectivity index (χ2n) is 5.09. The summed E-state index contributed by atoms with van der Waals surface area (Å²) in [7, 11) is 1.68. The molecule has 1 aromatic carbocycles. The Bertz CT molecular complexity index is 467. The summed E-state index contributed by atoms with van der Waals surface area (Å²) >= 11 is 3.47. The van der Waals surface area contributed by atoms with Gasteiger partial charge in [0.05, 0.1) is 12.0 Å². The highest BCUT2D eigenvalue weighted by atomic mass is 79.9. The Morgan fingerprint density at radius 2 is 2.10 bits per heavy atom. The molecule has 118 valence electrons. The molecule has 1 aliphatic rings. The molecule has 0 aromatic heterocycles. The van der Waals surface area contributed by atoms with Gasteiger partial charge in [0.15, 0.2) is 0 Å². The lowest BCUT2D eigenvalue weighted by atomic mass is 9.95. The third kappa shape index (κ3) is 4.95. The summed E-state index contributed by atoms with van der Waals surface area (Å²) in [5.74, 6) is 0.143.